The number of carbonyl (C=O) groups is 1. The van der Waals surface area contributed by atoms with E-state index in [0.29, 0.717) is 6.42 Å². The monoisotopic (exact) mass is 374 g/mol. The van der Waals surface area contributed by atoms with E-state index in [1.807, 2.05) is 0 Å². The fourth-order valence-corrected chi connectivity index (χ4v) is 2.73. The van der Waals surface area contributed by atoms with E-state index in [4.69, 9.17) is 9.47 Å². The lowest BCUT2D eigenvalue weighted by atomic mass is 9.88. The van der Waals surface area contributed by atoms with Gasteiger partial charge in [0.05, 0.1) is 18.8 Å². The number of rotatable bonds is 5. The summed E-state index contributed by atoms with van der Waals surface area (Å²) in [6, 6.07) is 0.823. The molecule has 26 heavy (non-hydrogen) atoms. The van der Waals surface area contributed by atoms with E-state index < -0.39 is 71.5 Å². The number of aromatic hydroxyl groups is 3. The van der Waals surface area contributed by atoms with Gasteiger partial charge in [0, 0.05) is 5.56 Å². The van der Waals surface area contributed by atoms with Gasteiger partial charge in [0.1, 0.15) is 30.5 Å². The van der Waals surface area contributed by atoms with E-state index in [1.165, 1.54) is 0 Å². The Balaban J connectivity index is 2.55. The van der Waals surface area contributed by atoms with Crippen LogP contribution in [0, 0.1) is 0 Å². The predicted molar refractivity (Wildman–Crippen MR) is 84.7 cm³/mol. The summed E-state index contributed by atoms with van der Waals surface area (Å²) in [4.78, 5) is 12.3. The molecule has 10 heteroatoms. The van der Waals surface area contributed by atoms with Crippen LogP contribution in [0.1, 0.15) is 35.4 Å². The molecule has 0 bridgehead atoms. The summed E-state index contributed by atoms with van der Waals surface area (Å²) < 4.78 is 10.3. The summed E-state index contributed by atoms with van der Waals surface area (Å²) >= 11 is 0. The minimum absolute atomic E-state index is 0.0371. The van der Waals surface area contributed by atoms with E-state index in [2.05, 4.69) is 0 Å². The highest BCUT2D eigenvalue weighted by Gasteiger charge is 2.46. The molecule has 146 valence electrons. The Morgan fingerprint density at radius 2 is 1.77 bits per heavy atom. The Kier molecular flexibility index (Phi) is 6.26. The van der Waals surface area contributed by atoms with Gasteiger partial charge in [-0.05, 0) is 12.5 Å². The van der Waals surface area contributed by atoms with Crippen molar-refractivity contribution >= 4 is 5.97 Å². The standard InChI is InChI=1S/C16H22O10/c1-2-3-25-16(24)6-4-7(18)10(19)12(21)9(6)15-14(23)13(22)11(20)8(5-17)26-15/h4,8,11,13-15,17-23H,2-3,5H2,1H3/t8-,11-,13+,14-,15-/m1/s1. The molecule has 1 heterocycles. The summed E-state index contributed by atoms with van der Waals surface area (Å²) in [5.41, 5.74) is -0.853. The van der Waals surface area contributed by atoms with Crippen molar-refractivity contribution in [2.24, 2.45) is 0 Å². The average Bonchev–Trinajstić information content (AvgIpc) is 2.63. The van der Waals surface area contributed by atoms with E-state index in [9.17, 15) is 40.5 Å². The van der Waals surface area contributed by atoms with Crippen LogP contribution in [-0.4, -0.2) is 79.3 Å². The average molecular weight is 374 g/mol. The van der Waals surface area contributed by atoms with Crippen LogP contribution in [0.4, 0.5) is 0 Å². The van der Waals surface area contributed by atoms with Gasteiger partial charge in [-0.1, -0.05) is 6.92 Å². The fraction of sp³-hybridized carbons (Fsp3) is 0.562. The second kappa shape index (κ2) is 8.06. The molecule has 1 fully saturated rings. The Morgan fingerprint density at radius 1 is 1.12 bits per heavy atom. The number of phenols is 3. The SMILES string of the molecule is CCCOC(=O)c1cc(O)c(O)c(O)c1[C@H]1O[C@H](CO)[C@@H](O)[C@H](O)[C@H]1O. The Labute approximate surface area is 148 Å². The van der Waals surface area contributed by atoms with Crippen LogP contribution in [-0.2, 0) is 9.47 Å². The highest BCUT2D eigenvalue weighted by molar-refractivity contribution is 5.93. The van der Waals surface area contributed by atoms with Crippen molar-refractivity contribution in [1.82, 2.24) is 0 Å². The molecule has 0 aromatic heterocycles. The van der Waals surface area contributed by atoms with E-state index in [0.717, 1.165) is 6.07 Å². The first-order valence-corrected chi connectivity index (χ1v) is 7.99. The summed E-state index contributed by atoms with van der Waals surface area (Å²) in [6.45, 7) is 1.06. The molecule has 1 saturated heterocycles. The minimum Gasteiger partial charge on any atom is -0.504 e. The van der Waals surface area contributed by atoms with Crippen molar-refractivity contribution in [2.75, 3.05) is 13.2 Å². The molecule has 2 rings (SSSR count). The zero-order valence-electron chi connectivity index (χ0n) is 13.9. The Morgan fingerprint density at radius 3 is 2.35 bits per heavy atom. The maximum Gasteiger partial charge on any atom is 0.338 e. The Bertz CT molecular complexity index is 659. The van der Waals surface area contributed by atoms with Crippen molar-refractivity contribution in [2.45, 2.75) is 43.9 Å². The molecule has 1 aliphatic rings. The van der Waals surface area contributed by atoms with Crippen LogP contribution in [0.5, 0.6) is 17.2 Å². The van der Waals surface area contributed by atoms with E-state index in [-0.39, 0.29) is 6.61 Å². The molecule has 10 nitrogen and oxygen atoms in total. The van der Waals surface area contributed by atoms with Crippen LogP contribution < -0.4 is 0 Å². The molecule has 1 aromatic carbocycles. The summed E-state index contributed by atoms with van der Waals surface area (Å²) in [5.74, 6) is -3.70. The highest BCUT2D eigenvalue weighted by Crippen LogP contribution is 2.46. The first-order valence-electron chi connectivity index (χ1n) is 7.99. The molecule has 0 amide bonds. The zero-order chi connectivity index (χ0) is 19.6. The topological polar surface area (TPSA) is 177 Å². The number of esters is 1. The molecule has 0 radical (unpaired) electrons. The van der Waals surface area contributed by atoms with Crippen molar-refractivity contribution < 1.29 is 50.0 Å². The molecule has 0 aliphatic carbocycles. The largest absolute Gasteiger partial charge is 0.504 e. The molecule has 0 spiro atoms. The van der Waals surface area contributed by atoms with Gasteiger partial charge in [-0.25, -0.2) is 4.79 Å². The first kappa shape index (κ1) is 20.2. The highest BCUT2D eigenvalue weighted by atomic mass is 16.5. The van der Waals surface area contributed by atoms with Crippen molar-refractivity contribution in [3.8, 4) is 17.2 Å². The van der Waals surface area contributed by atoms with Crippen LogP contribution in [0.15, 0.2) is 6.07 Å². The number of hydrogen-bond acceptors (Lipinski definition) is 10. The number of benzene rings is 1. The smallest absolute Gasteiger partial charge is 0.338 e. The first-order chi connectivity index (χ1) is 12.2. The summed E-state index contributed by atoms with van der Waals surface area (Å²) in [7, 11) is 0. The van der Waals surface area contributed by atoms with Gasteiger partial charge in [-0.15, -0.1) is 0 Å². The van der Waals surface area contributed by atoms with E-state index in [1.54, 1.807) is 6.92 Å². The third-order valence-corrected chi connectivity index (χ3v) is 4.13. The molecule has 0 unspecified atom stereocenters. The Hall–Kier alpha value is -2.11. The van der Waals surface area contributed by atoms with Crippen LogP contribution in [0.2, 0.25) is 0 Å². The lowest BCUT2D eigenvalue weighted by Crippen LogP contribution is -2.55. The fourth-order valence-electron chi connectivity index (χ4n) is 2.73. The van der Waals surface area contributed by atoms with Crippen LogP contribution in [0.25, 0.3) is 0 Å². The number of phenolic OH excluding ortho intramolecular Hbond substituents is 3. The van der Waals surface area contributed by atoms with Gasteiger partial charge >= 0.3 is 5.97 Å². The van der Waals surface area contributed by atoms with Crippen LogP contribution >= 0.6 is 0 Å². The van der Waals surface area contributed by atoms with Gasteiger partial charge in [-0.2, -0.15) is 0 Å². The summed E-state index contributed by atoms with van der Waals surface area (Å²) in [5, 5.41) is 68.9. The number of aliphatic hydroxyl groups is 4. The second-order valence-electron chi connectivity index (χ2n) is 5.94. The van der Waals surface area contributed by atoms with Gasteiger partial charge in [-0.3, -0.25) is 0 Å². The maximum absolute atomic E-state index is 12.3. The molecule has 7 N–H and O–H groups in total. The van der Waals surface area contributed by atoms with E-state index >= 15 is 0 Å². The molecular formula is C16H22O10. The van der Waals surface area contributed by atoms with Crippen molar-refractivity contribution in [3.63, 3.8) is 0 Å². The quantitative estimate of drug-likeness (QED) is 0.247. The molecule has 1 aliphatic heterocycles. The zero-order valence-corrected chi connectivity index (χ0v) is 13.9. The van der Waals surface area contributed by atoms with Gasteiger partial charge in [0.2, 0.25) is 5.75 Å². The molecule has 1 aromatic rings. The third-order valence-electron chi connectivity index (χ3n) is 4.13. The number of carbonyl (C=O) groups excluding carboxylic acids is 1. The number of hydrogen-bond donors (Lipinski definition) is 7. The van der Waals surface area contributed by atoms with Crippen molar-refractivity contribution in [3.05, 3.63) is 17.2 Å². The van der Waals surface area contributed by atoms with Crippen molar-refractivity contribution in [1.29, 1.82) is 0 Å². The van der Waals surface area contributed by atoms with Gasteiger partial charge in [0.25, 0.3) is 0 Å². The van der Waals surface area contributed by atoms with Gasteiger partial charge in [0.15, 0.2) is 11.5 Å². The normalized spacial score (nSPS) is 28.7. The molecular weight excluding hydrogens is 352 g/mol. The lowest BCUT2D eigenvalue weighted by molar-refractivity contribution is -0.232. The third kappa shape index (κ3) is 3.55. The van der Waals surface area contributed by atoms with Crippen LogP contribution in [0.3, 0.4) is 0 Å². The molecule has 0 saturated carbocycles. The maximum atomic E-state index is 12.3. The number of aliphatic hydroxyl groups excluding tert-OH is 4. The number of ether oxygens (including phenoxy) is 2. The summed E-state index contributed by atoms with van der Waals surface area (Å²) in [6.07, 6.45) is -7.61. The predicted octanol–water partition coefficient (Wildman–Crippen LogP) is -1.11. The lowest BCUT2D eigenvalue weighted by Gasteiger charge is -2.40. The molecule has 5 atom stereocenters. The minimum atomic E-state index is -1.81. The van der Waals surface area contributed by atoms with Gasteiger partial charge < -0.3 is 45.2 Å². The second-order valence-corrected chi connectivity index (χ2v) is 5.94.